The lowest BCUT2D eigenvalue weighted by Crippen LogP contribution is -2.14. The van der Waals surface area contributed by atoms with Crippen LogP contribution >= 0.6 is 0 Å². The van der Waals surface area contributed by atoms with Gasteiger partial charge in [0.2, 0.25) is 0 Å². The number of hydrogen-bond donors (Lipinski definition) is 2. The van der Waals surface area contributed by atoms with Crippen LogP contribution in [-0.4, -0.2) is 28.8 Å². The average molecular weight is 180 g/mol. The Bertz CT molecular complexity index is 314. The topological polar surface area (TPSA) is 72.9 Å². The van der Waals surface area contributed by atoms with Crippen LogP contribution in [0.25, 0.3) is 0 Å². The van der Waals surface area contributed by atoms with Crippen molar-refractivity contribution in [3.8, 4) is 0 Å². The van der Waals surface area contributed by atoms with Crippen molar-refractivity contribution in [2.75, 3.05) is 13.1 Å². The van der Waals surface area contributed by atoms with Gasteiger partial charge in [-0.3, -0.25) is 9.48 Å². The normalized spacial score (nSPS) is 22.0. The second kappa shape index (κ2) is 3.18. The lowest BCUT2D eigenvalue weighted by atomic mass is 10.3. The highest BCUT2D eigenvalue weighted by atomic mass is 16.1. The fraction of sp³-hybridized carbons (Fsp3) is 0.500. The van der Waals surface area contributed by atoms with Crippen LogP contribution in [-0.2, 0) is 0 Å². The minimum absolute atomic E-state index is 0.369. The van der Waals surface area contributed by atoms with Gasteiger partial charge in [-0.25, -0.2) is 0 Å². The van der Waals surface area contributed by atoms with Gasteiger partial charge < -0.3 is 11.1 Å². The molecule has 1 aromatic heterocycles. The molecule has 1 amide bonds. The minimum Gasteiger partial charge on any atom is -0.366 e. The first-order valence-corrected chi connectivity index (χ1v) is 4.32. The van der Waals surface area contributed by atoms with Crippen molar-refractivity contribution in [1.29, 1.82) is 0 Å². The third-order valence-electron chi connectivity index (χ3n) is 2.29. The van der Waals surface area contributed by atoms with Gasteiger partial charge >= 0.3 is 0 Å². The van der Waals surface area contributed by atoms with Gasteiger partial charge in [-0.15, -0.1) is 0 Å². The second-order valence-electron chi connectivity index (χ2n) is 3.22. The highest BCUT2D eigenvalue weighted by molar-refractivity contribution is 5.92. The van der Waals surface area contributed by atoms with Gasteiger partial charge in [0.1, 0.15) is 0 Å². The summed E-state index contributed by atoms with van der Waals surface area (Å²) >= 11 is 0. The number of carbonyl (C=O) groups excluding carboxylic acids is 1. The van der Waals surface area contributed by atoms with Gasteiger partial charge in [-0.05, 0) is 13.0 Å². The summed E-state index contributed by atoms with van der Waals surface area (Å²) in [5.41, 5.74) is 5.60. The number of nitrogens with two attached hydrogens (primary N) is 1. The average Bonchev–Trinajstić information content (AvgIpc) is 2.75. The van der Waals surface area contributed by atoms with Crippen molar-refractivity contribution >= 4 is 5.91 Å². The lowest BCUT2D eigenvalue weighted by molar-refractivity contribution is 0.1000. The van der Waals surface area contributed by atoms with Gasteiger partial charge in [-0.2, -0.15) is 5.10 Å². The minimum atomic E-state index is -0.419. The number of hydrogen-bond acceptors (Lipinski definition) is 3. The molecule has 0 aromatic carbocycles. The molecular weight excluding hydrogens is 168 g/mol. The fourth-order valence-electron chi connectivity index (χ4n) is 1.53. The molecule has 2 heterocycles. The summed E-state index contributed by atoms with van der Waals surface area (Å²) in [7, 11) is 0. The first-order chi connectivity index (χ1) is 6.27. The molecular formula is C8H12N4O. The number of rotatable bonds is 2. The molecule has 2 rings (SSSR count). The van der Waals surface area contributed by atoms with E-state index in [2.05, 4.69) is 10.4 Å². The van der Waals surface area contributed by atoms with E-state index in [0.717, 1.165) is 19.5 Å². The largest absolute Gasteiger partial charge is 0.366 e. The predicted molar refractivity (Wildman–Crippen MR) is 47.3 cm³/mol. The van der Waals surface area contributed by atoms with Crippen molar-refractivity contribution < 1.29 is 4.79 Å². The van der Waals surface area contributed by atoms with Crippen LogP contribution in [0.4, 0.5) is 0 Å². The standard InChI is InChI=1S/C8H12N4O/c9-8(13)6-3-11-12(5-6)7-1-2-10-4-7/h3,5,7,10H,1-2,4H2,(H2,9,13). The Labute approximate surface area is 75.9 Å². The molecule has 0 bridgehead atoms. The number of primary amides is 1. The number of amides is 1. The van der Waals surface area contributed by atoms with E-state index in [0.29, 0.717) is 11.6 Å². The quantitative estimate of drug-likeness (QED) is 0.645. The zero-order valence-electron chi connectivity index (χ0n) is 7.23. The van der Waals surface area contributed by atoms with Gasteiger partial charge in [-0.1, -0.05) is 0 Å². The van der Waals surface area contributed by atoms with Crippen molar-refractivity contribution in [2.45, 2.75) is 12.5 Å². The van der Waals surface area contributed by atoms with Crippen LogP contribution < -0.4 is 11.1 Å². The molecule has 0 saturated carbocycles. The third-order valence-corrected chi connectivity index (χ3v) is 2.29. The molecule has 0 aliphatic carbocycles. The molecule has 0 radical (unpaired) electrons. The third kappa shape index (κ3) is 1.55. The molecule has 1 fully saturated rings. The Morgan fingerprint density at radius 1 is 1.77 bits per heavy atom. The van der Waals surface area contributed by atoms with E-state index in [1.807, 2.05) is 0 Å². The summed E-state index contributed by atoms with van der Waals surface area (Å²) in [4.78, 5) is 10.8. The van der Waals surface area contributed by atoms with E-state index in [1.165, 1.54) is 6.20 Å². The molecule has 13 heavy (non-hydrogen) atoms. The Kier molecular flexibility index (Phi) is 2.02. The predicted octanol–water partition coefficient (Wildman–Crippen LogP) is -0.484. The van der Waals surface area contributed by atoms with Gasteiger partial charge in [0.15, 0.2) is 0 Å². The first-order valence-electron chi connectivity index (χ1n) is 4.32. The molecule has 5 nitrogen and oxygen atoms in total. The van der Waals surface area contributed by atoms with Crippen LogP contribution in [0.1, 0.15) is 22.8 Å². The number of carbonyl (C=O) groups is 1. The van der Waals surface area contributed by atoms with E-state index in [1.54, 1.807) is 10.9 Å². The Morgan fingerprint density at radius 3 is 3.15 bits per heavy atom. The summed E-state index contributed by atoms with van der Waals surface area (Å²) in [6.07, 6.45) is 4.28. The summed E-state index contributed by atoms with van der Waals surface area (Å²) < 4.78 is 1.81. The van der Waals surface area contributed by atoms with Crippen LogP contribution in [0.5, 0.6) is 0 Å². The zero-order chi connectivity index (χ0) is 9.26. The van der Waals surface area contributed by atoms with Crippen LogP contribution in [0.3, 0.4) is 0 Å². The number of nitrogens with zero attached hydrogens (tertiary/aromatic N) is 2. The van der Waals surface area contributed by atoms with Crippen molar-refractivity contribution in [3.63, 3.8) is 0 Å². The van der Waals surface area contributed by atoms with E-state index in [9.17, 15) is 4.79 Å². The highest BCUT2D eigenvalue weighted by Gasteiger charge is 2.17. The van der Waals surface area contributed by atoms with E-state index < -0.39 is 5.91 Å². The fourth-order valence-corrected chi connectivity index (χ4v) is 1.53. The lowest BCUT2D eigenvalue weighted by Gasteiger charge is -2.07. The monoisotopic (exact) mass is 180 g/mol. The summed E-state index contributed by atoms with van der Waals surface area (Å²) in [6.45, 7) is 1.93. The molecule has 5 heteroatoms. The van der Waals surface area contributed by atoms with E-state index in [4.69, 9.17) is 5.73 Å². The highest BCUT2D eigenvalue weighted by Crippen LogP contribution is 2.13. The van der Waals surface area contributed by atoms with E-state index in [-0.39, 0.29) is 0 Å². The van der Waals surface area contributed by atoms with Crippen LogP contribution in [0.15, 0.2) is 12.4 Å². The van der Waals surface area contributed by atoms with Gasteiger partial charge in [0.05, 0.1) is 17.8 Å². The Hall–Kier alpha value is -1.36. The molecule has 1 unspecified atom stereocenters. The Morgan fingerprint density at radius 2 is 2.62 bits per heavy atom. The smallest absolute Gasteiger partial charge is 0.251 e. The van der Waals surface area contributed by atoms with Gasteiger partial charge in [0.25, 0.3) is 5.91 Å². The second-order valence-corrected chi connectivity index (χ2v) is 3.22. The molecule has 0 spiro atoms. The molecule has 1 aliphatic rings. The molecule has 1 saturated heterocycles. The summed E-state index contributed by atoms with van der Waals surface area (Å²) in [6, 6.07) is 0.369. The van der Waals surface area contributed by atoms with Gasteiger partial charge in [0, 0.05) is 12.7 Å². The maximum Gasteiger partial charge on any atom is 0.251 e. The first kappa shape index (κ1) is 8.25. The van der Waals surface area contributed by atoms with Crippen molar-refractivity contribution in [2.24, 2.45) is 5.73 Å². The number of aromatic nitrogens is 2. The molecule has 1 aromatic rings. The SMILES string of the molecule is NC(=O)c1cnn(C2CCNC2)c1. The zero-order valence-corrected chi connectivity index (χ0v) is 7.23. The maximum atomic E-state index is 10.8. The van der Waals surface area contributed by atoms with E-state index >= 15 is 0 Å². The molecule has 3 N–H and O–H groups in total. The Balaban J connectivity index is 2.16. The van der Waals surface area contributed by atoms with Crippen molar-refractivity contribution in [1.82, 2.24) is 15.1 Å². The number of nitrogens with one attached hydrogen (secondary N) is 1. The summed E-state index contributed by atoms with van der Waals surface area (Å²) in [5, 5.41) is 7.33. The molecule has 70 valence electrons. The molecule has 1 aliphatic heterocycles. The van der Waals surface area contributed by atoms with Crippen molar-refractivity contribution in [3.05, 3.63) is 18.0 Å². The maximum absolute atomic E-state index is 10.8. The summed E-state index contributed by atoms with van der Waals surface area (Å²) in [5.74, 6) is -0.419. The molecule has 1 atom stereocenters. The van der Waals surface area contributed by atoms with Crippen LogP contribution in [0, 0.1) is 0 Å². The van der Waals surface area contributed by atoms with Crippen LogP contribution in [0.2, 0.25) is 0 Å².